The highest BCUT2D eigenvalue weighted by molar-refractivity contribution is 4.99. The van der Waals surface area contributed by atoms with E-state index < -0.39 is 25.3 Å². The van der Waals surface area contributed by atoms with Crippen molar-refractivity contribution in [1.82, 2.24) is 0 Å². The molecular formula is C23H40O3. The standard InChI is InChI=1S/C23H40O3/c1-3-4-5-6-7-8-9-10-11-12-13-14-15-16-17-18-19-22(2)26-21-23(25)20-24/h7-8,10-11,13-14,16-17,22-25H,3-6,9,12,15,18-21H2,1-2H3/i20D2,21D2,23D. The Hall–Kier alpha value is -1.16. The fourth-order valence-corrected chi connectivity index (χ4v) is 2.13. The molecule has 0 bridgehead atoms. The van der Waals surface area contributed by atoms with E-state index in [1.165, 1.54) is 19.3 Å². The van der Waals surface area contributed by atoms with E-state index in [0.717, 1.165) is 25.7 Å². The molecule has 2 unspecified atom stereocenters. The molecule has 2 atom stereocenters. The van der Waals surface area contributed by atoms with Crippen LogP contribution in [-0.2, 0) is 4.74 Å². The Balaban J connectivity index is 3.99. The Kier molecular flexibility index (Phi) is 13.2. The van der Waals surface area contributed by atoms with Crippen molar-refractivity contribution in [2.45, 2.75) is 83.8 Å². The molecular weight excluding hydrogens is 324 g/mol. The Morgan fingerprint density at radius 3 is 2.00 bits per heavy atom. The summed E-state index contributed by atoms with van der Waals surface area (Å²) >= 11 is 0. The van der Waals surface area contributed by atoms with E-state index >= 15 is 0 Å². The third-order valence-corrected chi connectivity index (χ3v) is 3.66. The van der Waals surface area contributed by atoms with Crippen molar-refractivity contribution >= 4 is 0 Å². The maximum atomic E-state index is 9.65. The van der Waals surface area contributed by atoms with Crippen LogP contribution < -0.4 is 0 Å². The molecule has 0 amide bonds. The Morgan fingerprint density at radius 2 is 1.46 bits per heavy atom. The minimum absolute atomic E-state index is 0.429. The minimum Gasteiger partial charge on any atom is -0.394 e. The first-order valence-corrected chi connectivity index (χ1v) is 9.68. The van der Waals surface area contributed by atoms with Gasteiger partial charge in [-0.1, -0.05) is 68.4 Å². The molecule has 0 heterocycles. The minimum atomic E-state index is -3.46. The van der Waals surface area contributed by atoms with E-state index in [-0.39, 0.29) is 0 Å². The van der Waals surface area contributed by atoms with Crippen molar-refractivity contribution in [1.29, 1.82) is 0 Å². The predicted molar refractivity (Wildman–Crippen MR) is 112 cm³/mol. The van der Waals surface area contributed by atoms with Gasteiger partial charge in [-0.2, -0.15) is 0 Å². The maximum absolute atomic E-state index is 9.65. The van der Waals surface area contributed by atoms with Gasteiger partial charge in [0.1, 0.15) is 6.08 Å². The van der Waals surface area contributed by atoms with Gasteiger partial charge < -0.3 is 14.9 Å². The average molecular weight is 370 g/mol. The zero-order valence-electron chi connectivity index (χ0n) is 21.4. The second kappa shape index (κ2) is 20.2. The van der Waals surface area contributed by atoms with Crippen molar-refractivity contribution in [3.05, 3.63) is 48.6 Å². The van der Waals surface area contributed by atoms with Crippen LogP contribution in [0.4, 0.5) is 0 Å². The van der Waals surface area contributed by atoms with Crippen molar-refractivity contribution in [3.63, 3.8) is 0 Å². The number of unbranched alkanes of at least 4 members (excludes halogenated alkanes) is 3. The van der Waals surface area contributed by atoms with Gasteiger partial charge in [0.2, 0.25) is 0 Å². The maximum Gasteiger partial charge on any atom is 0.100 e. The molecule has 0 aliphatic carbocycles. The number of hydrogen-bond acceptors (Lipinski definition) is 3. The van der Waals surface area contributed by atoms with E-state index in [1.54, 1.807) is 6.92 Å². The lowest BCUT2D eigenvalue weighted by Crippen LogP contribution is -2.22. The van der Waals surface area contributed by atoms with Crippen molar-refractivity contribution in [2.24, 2.45) is 0 Å². The van der Waals surface area contributed by atoms with Crippen LogP contribution in [0.25, 0.3) is 0 Å². The molecule has 0 aromatic heterocycles. The molecule has 26 heavy (non-hydrogen) atoms. The molecule has 0 rings (SSSR count). The summed E-state index contributed by atoms with van der Waals surface area (Å²) in [5, 5.41) is 18.8. The second-order valence-corrected chi connectivity index (χ2v) is 6.16. The summed E-state index contributed by atoms with van der Waals surface area (Å²) < 4.78 is 41.5. The molecule has 3 heteroatoms. The molecule has 0 aromatic carbocycles. The fraction of sp³-hybridized carbons (Fsp3) is 0.652. The van der Waals surface area contributed by atoms with Crippen LogP contribution in [0.15, 0.2) is 48.6 Å². The van der Waals surface area contributed by atoms with Crippen LogP contribution in [0.3, 0.4) is 0 Å². The summed E-state index contributed by atoms with van der Waals surface area (Å²) in [5.74, 6) is 0. The molecule has 0 spiro atoms. The summed E-state index contributed by atoms with van der Waals surface area (Å²) in [5.41, 5.74) is 0. The Morgan fingerprint density at radius 1 is 0.923 bits per heavy atom. The van der Waals surface area contributed by atoms with Crippen molar-refractivity contribution in [2.75, 3.05) is 13.1 Å². The van der Waals surface area contributed by atoms with Gasteiger partial charge in [0.25, 0.3) is 0 Å². The van der Waals surface area contributed by atoms with E-state index in [2.05, 4.69) is 43.4 Å². The largest absolute Gasteiger partial charge is 0.394 e. The van der Waals surface area contributed by atoms with Gasteiger partial charge in [0.15, 0.2) is 0 Å². The summed E-state index contributed by atoms with van der Waals surface area (Å²) in [6, 6.07) is 0. The van der Waals surface area contributed by atoms with E-state index in [4.69, 9.17) is 16.7 Å². The molecule has 0 aromatic rings. The molecule has 0 aliphatic heterocycles. The lowest BCUT2D eigenvalue weighted by atomic mass is 10.2. The van der Waals surface area contributed by atoms with E-state index in [9.17, 15) is 5.11 Å². The Labute approximate surface area is 168 Å². The fourth-order valence-electron chi connectivity index (χ4n) is 2.13. The van der Waals surface area contributed by atoms with Crippen molar-refractivity contribution < 1.29 is 21.8 Å². The first-order valence-electron chi connectivity index (χ1n) is 12.2. The van der Waals surface area contributed by atoms with Crippen LogP contribution in [-0.4, -0.2) is 35.5 Å². The monoisotopic (exact) mass is 369 g/mol. The first kappa shape index (κ1) is 17.0. The summed E-state index contributed by atoms with van der Waals surface area (Å²) in [6.07, 6.45) is 21.5. The summed E-state index contributed by atoms with van der Waals surface area (Å²) in [7, 11) is 0. The third-order valence-electron chi connectivity index (χ3n) is 3.66. The predicted octanol–water partition coefficient (Wildman–Crippen LogP) is 5.50. The van der Waals surface area contributed by atoms with Crippen LogP contribution >= 0.6 is 0 Å². The zero-order valence-corrected chi connectivity index (χ0v) is 16.4. The van der Waals surface area contributed by atoms with E-state index in [0.29, 0.717) is 12.8 Å². The lowest BCUT2D eigenvalue weighted by Gasteiger charge is -2.14. The highest BCUT2D eigenvalue weighted by Crippen LogP contribution is 2.04. The van der Waals surface area contributed by atoms with Crippen LogP contribution in [0.5, 0.6) is 0 Å². The molecule has 2 N–H and O–H groups in total. The second-order valence-electron chi connectivity index (χ2n) is 6.16. The SMILES string of the molecule is [2H]C([2H])(O)C([2H])(O)C([2H])([2H])OC(C)CCC=CCC=CCC=CCC=CCCCCC. The third kappa shape index (κ3) is 19.2. The molecule has 0 saturated carbocycles. The molecule has 0 radical (unpaired) electrons. The molecule has 150 valence electrons. The summed E-state index contributed by atoms with van der Waals surface area (Å²) in [4.78, 5) is 0. The number of aliphatic hydroxyl groups is 2. The van der Waals surface area contributed by atoms with Gasteiger partial charge in [0, 0.05) is 0 Å². The number of ether oxygens (including phenoxy) is 1. The number of rotatable bonds is 17. The smallest absolute Gasteiger partial charge is 0.100 e. The normalized spacial score (nSPS) is 20.2. The van der Waals surface area contributed by atoms with Crippen LogP contribution in [0, 0.1) is 0 Å². The number of hydrogen-bond donors (Lipinski definition) is 2. The van der Waals surface area contributed by atoms with Crippen LogP contribution in [0.2, 0.25) is 0 Å². The molecule has 0 saturated heterocycles. The van der Waals surface area contributed by atoms with Crippen LogP contribution in [0.1, 0.15) is 78.5 Å². The van der Waals surface area contributed by atoms with Gasteiger partial charge in [-0.25, -0.2) is 0 Å². The van der Waals surface area contributed by atoms with Gasteiger partial charge >= 0.3 is 0 Å². The molecule has 3 nitrogen and oxygen atoms in total. The van der Waals surface area contributed by atoms with Gasteiger partial charge in [-0.3, -0.25) is 0 Å². The highest BCUT2D eigenvalue weighted by Gasteiger charge is 2.05. The highest BCUT2D eigenvalue weighted by atomic mass is 16.5. The van der Waals surface area contributed by atoms with E-state index in [1.807, 2.05) is 12.2 Å². The quantitative estimate of drug-likeness (QED) is 0.263. The topological polar surface area (TPSA) is 49.7 Å². The molecule has 0 aliphatic rings. The average Bonchev–Trinajstić information content (AvgIpc) is 2.66. The van der Waals surface area contributed by atoms with Gasteiger partial charge in [0.05, 0.1) is 26.1 Å². The first-order chi connectivity index (χ1) is 14.5. The molecule has 0 fully saturated rings. The zero-order chi connectivity index (χ0) is 23.8. The number of allylic oxidation sites excluding steroid dienone is 8. The lowest BCUT2D eigenvalue weighted by molar-refractivity contribution is -0.0244. The Bertz CT molecular complexity index is 578. The van der Waals surface area contributed by atoms with Gasteiger partial charge in [-0.05, 0) is 51.9 Å². The van der Waals surface area contributed by atoms with Crippen molar-refractivity contribution in [3.8, 4) is 0 Å². The summed E-state index contributed by atoms with van der Waals surface area (Å²) in [6.45, 7) is -2.74. The van der Waals surface area contributed by atoms with Gasteiger partial charge in [-0.15, -0.1) is 0 Å².